The van der Waals surface area contributed by atoms with E-state index in [9.17, 15) is 13.2 Å². The maximum atomic E-state index is 12.8. The van der Waals surface area contributed by atoms with Crippen LogP contribution in [-0.4, -0.2) is 31.5 Å². The number of benzene rings is 1. The summed E-state index contributed by atoms with van der Waals surface area (Å²) in [5.74, 6) is 0. The van der Waals surface area contributed by atoms with Gasteiger partial charge in [0.2, 0.25) is 16.1 Å². The van der Waals surface area contributed by atoms with E-state index in [1.54, 1.807) is 12.1 Å². The Hall–Kier alpha value is -0.530. The Bertz CT molecular complexity index is 700. The van der Waals surface area contributed by atoms with Gasteiger partial charge in [0.25, 0.3) is 0 Å². The van der Waals surface area contributed by atoms with Crippen LogP contribution in [0.3, 0.4) is 0 Å². The standard InChI is InChI=1S/C13H14Br2N2O3S/c1-9-6-11(15)12(7-10(9)14)21(19,20)17-5-3-2-4-13(17)16-8-18/h6-7,13H,2-5H2,1H3. The van der Waals surface area contributed by atoms with Gasteiger partial charge in [0.1, 0.15) is 6.17 Å². The van der Waals surface area contributed by atoms with E-state index in [4.69, 9.17) is 0 Å². The molecule has 0 spiro atoms. The second kappa shape index (κ2) is 6.71. The number of nitrogens with zero attached hydrogens (tertiary/aromatic N) is 2. The number of isocyanates is 1. The molecule has 21 heavy (non-hydrogen) atoms. The molecule has 1 atom stereocenters. The van der Waals surface area contributed by atoms with Gasteiger partial charge in [-0.1, -0.05) is 15.9 Å². The summed E-state index contributed by atoms with van der Waals surface area (Å²) in [5, 5.41) is 0. The van der Waals surface area contributed by atoms with Crippen molar-refractivity contribution in [1.82, 2.24) is 4.31 Å². The number of piperidine rings is 1. The maximum Gasteiger partial charge on any atom is 0.246 e. The molecule has 2 rings (SSSR count). The van der Waals surface area contributed by atoms with Crippen LogP contribution in [0.5, 0.6) is 0 Å². The average molecular weight is 438 g/mol. The second-order valence-corrected chi connectivity index (χ2v) is 8.41. The third-order valence-electron chi connectivity index (χ3n) is 3.42. The van der Waals surface area contributed by atoms with Gasteiger partial charge in [-0.05, 0) is 59.8 Å². The zero-order valence-electron chi connectivity index (χ0n) is 11.3. The Kier molecular flexibility index (Phi) is 5.38. The lowest BCUT2D eigenvalue weighted by molar-refractivity contribution is 0.259. The van der Waals surface area contributed by atoms with E-state index >= 15 is 0 Å². The molecule has 1 aromatic rings. The number of rotatable bonds is 3. The summed E-state index contributed by atoms with van der Waals surface area (Å²) in [6.45, 7) is 2.24. The molecule has 8 heteroatoms. The highest BCUT2D eigenvalue weighted by Crippen LogP contribution is 2.33. The first-order valence-electron chi connectivity index (χ1n) is 6.42. The summed E-state index contributed by atoms with van der Waals surface area (Å²) in [6.07, 6.45) is 2.96. The van der Waals surface area contributed by atoms with Crippen molar-refractivity contribution in [2.75, 3.05) is 6.54 Å². The van der Waals surface area contributed by atoms with E-state index in [-0.39, 0.29) is 4.90 Å². The van der Waals surface area contributed by atoms with Gasteiger partial charge in [0.15, 0.2) is 0 Å². The summed E-state index contributed by atoms with van der Waals surface area (Å²) in [7, 11) is -3.72. The molecule has 1 aliphatic heterocycles. The minimum atomic E-state index is -3.72. The van der Waals surface area contributed by atoms with E-state index in [0.717, 1.165) is 22.9 Å². The lowest BCUT2D eigenvalue weighted by Crippen LogP contribution is -2.42. The van der Waals surface area contributed by atoms with Crippen LogP contribution in [0.15, 0.2) is 31.0 Å². The van der Waals surface area contributed by atoms with Crippen molar-refractivity contribution in [2.45, 2.75) is 37.2 Å². The van der Waals surface area contributed by atoms with Crippen LogP contribution in [0.25, 0.3) is 0 Å². The molecule has 1 heterocycles. The number of halogens is 2. The van der Waals surface area contributed by atoms with E-state index in [1.807, 2.05) is 6.92 Å². The number of aryl methyl sites for hydroxylation is 1. The Morgan fingerprint density at radius 3 is 2.67 bits per heavy atom. The molecule has 1 saturated heterocycles. The molecule has 0 aliphatic carbocycles. The van der Waals surface area contributed by atoms with Gasteiger partial charge in [0.05, 0.1) is 4.90 Å². The van der Waals surface area contributed by atoms with Crippen molar-refractivity contribution in [3.63, 3.8) is 0 Å². The van der Waals surface area contributed by atoms with Crippen LogP contribution in [-0.2, 0) is 14.8 Å². The molecular formula is C13H14Br2N2O3S. The van der Waals surface area contributed by atoms with Crippen LogP contribution in [0.4, 0.5) is 0 Å². The summed E-state index contributed by atoms with van der Waals surface area (Å²) in [6, 6.07) is 3.32. The zero-order chi connectivity index (χ0) is 15.6. The van der Waals surface area contributed by atoms with E-state index in [2.05, 4.69) is 36.9 Å². The average Bonchev–Trinajstić information content (AvgIpc) is 2.43. The van der Waals surface area contributed by atoms with Crippen molar-refractivity contribution in [3.05, 3.63) is 26.6 Å². The largest absolute Gasteiger partial charge is 0.246 e. The number of aliphatic imine (C=N–C) groups is 1. The summed E-state index contributed by atoms with van der Waals surface area (Å²) < 4.78 is 28.2. The van der Waals surface area contributed by atoms with Crippen LogP contribution in [0.1, 0.15) is 24.8 Å². The lowest BCUT2D eigenvalue weighted by atomic mass is 10.1. The van der Waals surface area contributed by atoms with Gasteiger partial charge in [-0.2, -0.15) is 9.30 Å². The predicted molar refractivity (Wildman–Crippen MR) is 86.2 cm³/mol. The van der Waals surface area contributed by atoms with E-state index in [0.29, 0.717) is 17.4 Å². The Labute approximate surface area is 140 Å². The second-order valence-electron chi connectivity index (χ2n) is 4.84. The third-order valence-corrected chi connectivity index (χ3v) is 7.13. The van der Waals surface area contributed by atoms with Crippen molar-refractivity contribution in [3.8, 4) is 0 Å². The molecule has 0 N–H and O–H groups in total. The molecule has 0 saturated carbocycles. The predicted octanol–water partition coefficient (Wildman–Crippen LogP) is 3.36. The maximum absolute atomic E-state index is 12.8. The molecule has 1 aromatic carbocycles. The first-order valence-corrected chi connectivity index (χ1v) is 9.45. The van der Waals surface area contributed by atoms with Gasteiger partial charge in [-0.3, -0.25) is 0 Å². The zero-order valence-corrected chi connectivity index (χ0v) is 15.3. The molecule has 1 fully saturated rings. The molecule has 114 valence electrons. The highest BCUT2D eigenvalue weighted by molar-refractivity contribution is 9.11. The first-order chi connectivity index (χ1) is 9.87. The number of carbonyl (C=O) groups excluding carboxylic acids is 1. The van der Waals surface area contributed by atoms with Crippen LogP contribution in [0.2, 0.25) is 0 Å². The lowest BCUT2D eigenvalue weighted by Gasteiger charge is -2.31. The van der Waals surface area contributed by atoms with Crippen molar-refractivity contribution in [1.29, 1.82) is 0 Å². The fourth-order valence-electron chi connectivity index (χ4n) is 2.31. The molecule has 5 nitrogen and oxygen atoms in total. The van der Waals surface area contributed by atoms with Crippen molar-refractivity contribution in [2.24, 2.45) is 4.99 Å². The number of sulfonamides is 1. The number of hydrogen-bond donors (Lipinski definition) is 0. The quantitative estimate of drug-likeness (QED) is 0.537. The molecule has 1 aliphatic rings. The summed E-state index contributed by atoms with van der Waals surface area (Å²) in [5.41, 5.74) is 0.932. The monoisotopic (exact) mass is 436 g/mol. The normalized spacial score (nSPS) is 20.0. The smallest absolute Gasteiger partial charge is 0.211 e. The van der Waals surface area contributed by atoms with Gasteiger partial charge >= 0.3 is 0 Å². The van der Waals surface area contributed by atoms with Crippen molar-refractivity contribution < 1.29 is 13.2 Å². The third kappa shape index (κ3) is 3.46. The highest BCUT2D eigenvalue weighted by Gasteiger charge is 2.34. The fraction of sp³-hybridized carbons (Fsp3) is 0.462. The molecule has 0 amide bonds. The minimum absolute atomic E-state index is 0.174. The van der Waals surface area contributed by atoms with Gasteiger partial charge in [-0.25, -0.2) is 13.2 Å². The Balaban J connectivity index is 2.50. The molecule has 0 bridgehead atoms. The molecule has 1 unspecified atom stereocenters. The SMILES string of the molecule is Cc1cc(Br)c(S(=O)(=O)N2CCCCC2N=C=O)cc1Br. The van der Waals surface area contributed by atoms with Crippen LogP contribution < -0.4 is 0 Å². The highest BCUT2D eigenvalue weighted by atomic mass is 79.9. The van der Waals surface area contributed by atoms with Gasteiger partial charge < -0.3 is 0 Å². The van der Waals surface area contributed by atoms with E-state index in [1.165, 1.54) is 10.4 Å². The van der Waals surface area contributed by atoms with E-state index < -0.39 is 16.2 Å². The summed E-state index contributed by atoms with van der Waals surface area (Å²) >= 11 is 6.66. The Morgan fingerprint density at radius 1 is 1.29 bits per heavy atom. The number of hydrogen-bond acceptors (Lipinski definition) is 4. The van der Waals surface area contributed by atoms with Crippen molar-refractivity contribution >= 4 is 48.0 Å². The summed E-state index contributed by atoms with van der Waals surface area (Å²) in [4.78, 5) is 14.3. The molecule has 0 aromatic heterocycles. The fourth-order valence-corrected chi connectivity index (χ4v) is 5.54. The molecule has 0 radical (unpaired) electrons. The van der Waals surface area contributed by atoms with Crippen LogP contribution >= 0.6 is 31.9 Å². The minimum Gasteiger partial charge on any atom is -0.211 e. The first kappa shape index (κ1) is 16.8. The molecular weight excluding hydrogens is 424 g/mol. The Morgan fingerprint density at radius 2 is 2.00 bits per heavy atom. The topological polar surface area (TPSA) is 66.8 Å². The van der Waals surface area contributed by atoms with Crippen LogP contribution in [0, 0.1) is 6.92 Å². The van der Waals surface area contributed by atoms with Gasteiger partial charge in [0, 0.05) is 15.5 Å². The van der Waals surface area contributed by atoms with Gasteiger partial charge in [-0.15, -0.1) is 0 Å².